The Hall–Kier alpha value is -3.62. The van der Waals surface area contributed by atoms with Crippen molar-refractivity contribution in [2.75, 3.05) is 31.4 Å². The van der Waals surface area contributed by atoms with Crippen LogP contribution in [-0.2, 0) is 16.1 Å². The van der Waals surface area contributed by atoms with E-state index in [2.05, 4.69) is 20.8 Å². The number of anilines is 2. The highest BCUT2D eigenvalue weighted by molar-refractivity contribution is 5.92. The van der Waals surface area contributed by atoms with E-state index in [4.69, 9.17) is 4.74 Å². The summed E-state index contributed by atoms with van der Waals surface area (Å²) >= 11 is 0. The summed E-state index contributed by atoms with van der Waals surface area (Å²) in [7, 11) is 5.47. The van der Waals surface area contributed by atoms with E-state index in [1.54, 1.807) is 22.6 Å². The van der Waals surface area contributed by atoms with E-state index >= 15 is 0 Å². The Morgan fingerprint density at radius 1 is 1.03 bits per heavy atom. The second-order valence-corrected chi connectivity index (χ2v) is 6.67. The van der Waals surface area contributed by atoms with Crippen molar-refractivity contribution in [3.63, 3.8) is 0 Å². The Bertz CT molecular complexity index is 997. The molecule has 0 saturated carbocycles. The van der Waals surface area contributed by atoms with Gasteiger partial charge in [0.05, 0.1) is 7.11 Å². The van der Waals surface area contributed by atoms with Crippen LogP contribution in [0, 0.1) is 0 Å². The number of pyridine rings is 1. The van der Waals surface area contributed by atoms with Crippen LogP contribution < -0.4 is 20.3 Å². The molecule has 0 radical (unpaired) electrons. The van der Waals surface area contributed by atoms with Gasteiger partial charge in [0.15, 0.2) is 5.65 Å². The van der Waals surface area contributed by atoms with Gasteiger partial charge >= 0.3 is 0 Å². The second-order valence-electron chi connectivity index (χ2n) is 6.67. The third kappa shape index (κ3) is 5.01. The van der Waals surface area contributed by atoms with E-state index in [9.17, 15) is 9.59 Å². The van der Waals surface area contributed by atoms with E-state index in [1.165, 1.54) is 7.11 Å². The van der Waals surface area contributed by atoms with Gasteiger partial charge in [-0.15, -0.1) is 10.2 Å². The van der Waals surface area contributed by atoms with Crippen molar-refractivity contribution in [2.45, 2.75) is 19.4 Å². The Morgan fingerprint density at radius 3 is 2.45 bits per heavy atom. The van der Waals surface area contributed by atoms with Gasteiger partial charge in [0.2, 0.25) is 23.6 Å². The number of nitrogens with zero attached hydrogens (tertiary/aromatic N) is 4. The van der Waals surface area contributed by atoms with Gasteiger partial charge < -0.3 is 15.0 Å². The Balaban J connectivity index is 1.49. The minimum Gasteiger partial charge on any atom is -0.482 e. The third-order valence-corrected chi connectivity index (χ3v) is 4.37. The summed E-state index contributed by atoms with van der Waals surface area (Å²) in [6, 6.07) is 13.2. The molecule has 0 saturated heterocycles. The number of fused-ring (bicyclic) bond motifs is 1. The first-order valence-corrected chi connectivity index (χ1v) is 9.19. The average Bonchev–Trinajstić information content (AvgIpc) is 3.14. The molecule has 0 aliphatic carbocycles. The smallest absolute Gasteiger partial charge is 0.238 e. The molecular formula is C20H24N6O3. The number of benzene rings is 1. The number of carbonyl (C=O) groups is 2. The topological polar surface area (TPSA) is 101 Å². The molecule has 3 aromatic rings. The minimum atomic E-state index is -0.323. The molecule has 152 valence electrons. The van der Waals surface area contributed by atoms with Crippen LogP contribution in [0.15, 0.2) is 42.5 Å². The SMILES string of the molecule is COc1cccc2nnc(NC(=O)CCC(=O)NCc3ccc(N(C)C)cc3)n12. The van der Waals surface area contributed by atoms with Gasteiger partial charge in [-0.05, 0) is 29.8 Å². The fraction of sp³-hybridized carbons (Fsp3) is 0.300. The molecule has 2 N–H and O–H groups in total. The monoisotopic (exact) mass is 396 g/mol. The molecule has 1 aromatic carbocycles. The summed E-state index contributed by atoms with van der Waals surface area (Å²) in [5.74, 6) is 0.237. The summed E-state index contributed by atoms with van der Waals surface area (Å²) < 4.78 is 6.86. The molecule has 9 nitrogen and oxygen atoms in total. The minimum absolute atomic E-state index is 0.0372. The van der Waals surface area contributed by atoms with Crippen LogP contribution in [0.25, 0.3) is 5.65 Å². The maximum absolute atomic E-state index is 12.2. The fourth-order valence-corrected chi connectivity index (χ4v) is 2.77. The third-order valence-electron chi connectivity index (χ3n) is 4.37. The normalized spacial score (nSPS) is 10.6. The van der Waals surface area contributed by atoms with Gasteiger partial charge in [0, 0.05) is 39.2 Å². The summed E-state index contributed by atoms with van der Waals surface area (Å²) in [5, 5.41) is 13.5. The number of hydrogen-bond donors (Lipinski definition) is 2. The molecule has 0 aliphatic rings. The van der Waals surface area contributed by atoms with Crippen LogP contribution in [0.5, 0.6) is 5.88 Å². The maximum atomic E-state index is 12.2. The lowest BCUT2D eigenvalue weighted by Crippen LogP contribution is -2.24. The van der Waals surface area contributed by atoms with Crippen molar-refractivity contribution in [3.05, 3.63) is 48.0 Å². The number of aromatic nitrogens is 3. The Morgan fingerprint density at radius 2 is 1.76 bits per heavy atom. The van der Waals surface area contributed by atoms with Gasteiger partial charge in [0.25, 0.3) is 0 Å². The first kappa shape index (κ1) is 20.1. The maximum Gasteiger partial charge on any atom is 0.238 e. The molecule has 0 atom stereocenters. The number of carbonyl (C=O) groups excluding carboxylic acids is 2. The molecule has 9 heteroatoms. The van der Waals surface area contributed by atoms with Crippen LogP contribution >= 0.6 is 0 Å². The number of hydrogen-bond acceptors (Lipinski definition) is 6. The van der Waals surface area contributed by atoms with Crippen molar-refractivity contribution in [2.24, 2.45) is 0 Å². The van der Waals surface area contributed by atoms with Crippen molar-refractivity contribution in [1.82, 2.24) is 19.9 Å². The van der Waals surface area contributed by atoms with E-state index in [0.717, 1.165) is 11.3 Å². The molecule has 0 spiro atoms. The van der Waals surface area contributed by atoms with E-state index in [0.29, 0.717) is 18.1 Å². The number of rotatable bonds is 8. The largest absolute Gasteiger partial charge is 0.482 e. The summed E-state index contributed by atoms with van der Waals surface area (Å²) in [5.41, 5.74) is 2.64. The molecule has 2 amide bonds. The second kappa shape index (κ2) is 9.05. The van der Waals surface area contributed by atoms with Crippen molar-refractivity contribution < 1.29 is 14.3 Å². The molecule has 2 aromatic heterocycles. The molecule has 0 fully saturated rings. The zero-order valence-corrected chi connectivity index (χ0v) is 16.7. The van der Waals surface area contributed by atoms with Gasteiger partial charge in [-0.2, -0.15) is 0 Å². The molecular weight excluding hydrogens is 372 g/mol. The van der Waals surface area contributed by atoms with E-state index in [1.807, 2.05) is 43.3 Å². The molecule has 29 heavy (non-hydrogen) atoms. The van der Waals surface area contributed by atoms with E-state index < -0.39 is 0 Å². The highest BCUT2D eigenvalue weighted by Crippen LogP contribution is 2.18. The molecule has 0 aliphatic heterocycles. The van der Waals surface area contributed by atoms with Gasteiger partial charge in [-0.25, -0.2) is 4.40 Å². The number of methoxy groups -OCH3 is 1. The van der Waals surface area contributed by atoms with Crippen LogP contribution in [-0.4, -0.2) is 47.6 Å². The van der Waals surface area contributed by atoms with Gasteiger partial charge in [-0.1, -0.05) is 18.2 Å². The standard InChI is InChI=1S/C20H24N6O3/c1-25(2)15-9-7-14(8-10-15)13-21-17(27)11-12-18(28)22-20-24-23-16-5-4-6-19(29-3)26(16)20/h4-10H,11-13H2,1-3H3,(H,21,27)(H,22,24,28). The predicted molar refractivity (Wildman–Crippen MR) is 110 cm³/mol. The summed E-state index contributed by atoms with van der Waals surface area (Å²) in [6.07, 6.45) is 0.116. The quantitative estimate of drug-likeness (QED) is 0.603. The van der Waals surface area contributed by atoms with Crippen molar-refractivity contribution >= 4 is 29.1 Å². The fourth-order valence-electron chi connectivity index (χ4n) is 2.77. The molecule has 2 heterocycles. The summed E-state index contributed by atoms with van der Waals surface area (Å²) in [4.78, 5) is 26.3. The number of nitrogens with one attached hydrogen (secondary N) is 2. The first-order valence-electron chi connectivity index (χ1n) is 9.19. The molecule has 0 unspecified atom stereocenters. The average molecular weight is 396 g/mol. The van der Waals surface area contributed by atoms with Gasteiger partial charge in [0.1, 0.15) is 0 Å². The van der Waals surface area contributed by atoms with Crippen LogP contribution in [0.2, 0.25) is 0 Å². The molecule has 0 bridgehead atoms. The first-order chi connectivity index (χ1) is 14.0. The lowest BCUT2D eigenvalue weighted by atomic mass is 10.2. The van der Waals surface area contributed by atoms with E-state index in [-0.39, 0.29) is 30.6 Å². The van der Waals surface area contributed by atoms with Gasteiger partial charge in [-0.3, -0.25) is 14.9 Å². The summed E-state index contributed by atoms with van der Waals surface area (Å²) in [6.45, 7) is 0.417. The lowest BCUT2D eigenvalue weighted by molar-refractivity contribution is -0.124. The zero-order chi connectivity index (χ0) is 20.8. The van der Waals surface area contributed by atoms with Crippen molar-refractivity contribution in [3.8, 4) is 5.88 Å². The Labute approximate surface area is 168 Å². The number of ether oxygens (including phenoxy) is 1. The lowest BCUT2D eigenvalue weighted by Gasteiger charge is -2.13. The number of amides is 2. The van der Waals surface area contributed by atoms with Crippen LogP contribution in [0.1, 0.15) is 18.4 Å². The highest BCUT2D eigenvalue weighted by Gasteiger charge is 2.13. The van der Waals surface area contributed by atoms with Crippen LogP contribution in [0.4, 0.5) is 11.6 Å². The highest BCUT2D eigenvalue weighted by atomic mass is 16.5. The van der Waals surface area contributed by atoms with Crippen LogP contribution in [0.3, 0.4) is 0 Å². The van der Waals surface area contributed by atoms with Crippen molar-refractivity contribution in [1.29, 1.82) is 0 Å². The predicted octanol–water partition coefficient (Wildman–Crippen LogP) is 1.84. The zero-order valence-electron chi connectivity index (χ0n) is 16.7. The Kier molecular flexibility index (Phi) is 6.28. The molecule has 3 rings (SSSR count).